The highest BCUT2D eigenvalue weighted by atomic mass is 15.2. The molecule has 1 aliphatic rings. The summed E-state index contributed by atoms with van der Waals surface area (Å²) in [5.41, 5.74) is 0. The van der Waals surface area contributed by atoms with Crippen molar-refractivity contribution in [3.8, 4) is 0 Å². The van der Waals surface area contributed by atoms with Crippen LogP contribution in [-0.2, 0) is 7.05 Å². The number of nitrogens with one attached hydrogen (secondary N) is 1. The zero-order valence-electron chi connectivity index (χ0n) is 8.16. The van der Waals surface area contributed by atoms with E-state index in [1.165, 1.54) is 25.7 Å². The van der Waals surface area contributed by atoms with Crippen molar-refractivity contribution in [1.29, 1.82) is 0 Å². The van der Waals surface area contributed by atoms with Gasteiger partial charge in [-0.1, -0.05) is 12.8 Å². The van der Waals surface area contributed by atoms with Crippen LogP contribution in [0.1, 0.15) is 25.7 Å². The predicted octanol–water partition coefficient (Wildman–Crippen LogP) is 2.02. The minimum Gasteiger partial charge on any atom is -0.356 e. The molecular weight excluding hydrogens is 162 g/mol. The van der Waals surface area contributed by atoms with Crippen molar-refractivity contribution < 1.29 is 0 Å². The van der Waals surface area contributed by atoms with E-state index in [4.69, 9.17) is 0 Å². The van der Waals surface area contributed by atoms with E-state index in [1.54, 1.807) is 0 Å². The Hall–Kier alpha value is -0.990. The Kier molecular flexibility index (Phi) is 2.52. The Labute approximate surface area is 79.2 Å². The Balaban J connectivity index is 1.64. The highest BCUT2D eigenvalue weighted by molar-refractivity contribution is 5.24. The molecule has 1 aromatic heterocycles. The van der Waals surface area contributed by atoms with E-state index < -0.39 is 0 Å². The van der Waals surface area contributed by atoms with E-state index >= 15 is 0 Å². The van der Waals surface area contributed by atoms with Gasteiger partial charge in [0.1, 0.15) is 0 Å². The summed E-state index contributed by atoms with van der Waals surface area (Å²) in [5, 5.41) is 3.33. The van der Waals surface area contributed by atoms with Crippen LogP contribution in [0.25, 0.3) is 0 Å². The van der Waals surface area contributed by atoms with Gasteiger partial charge in [-0.2, -0.15) is 0 Å². The zero-order chi connectivity index (χ0) is 9.10. The SMILES string of the molecule is Cn1ccnc1NCCCC1CC1. The first kappa shape index (κ1) is 8.60. The summed E-state index contributed by atoms with van der Waals surface area (Å²) in [4.78, 5) is 4.20. The summed E-state index contributed by atoms with van der Waals surface area (Å²) in [6.45, 7) is 1.06. The molecule has 3 nitrogen and oxygen atoms in total. The number of hydrogen-bond acceptors (Lipinski definition) is 2. The molecule has 0 aliphatic heterocycles. The van der Waals surface area contributed by atoms with Gasteiger partial charge in [0.2, 0.25) is 5.95 Å². The van der Waals surface area contributed by atoms with Crippen LogP contribution < -0.4 is 5.32 Å². The molecule has 0 bridgehead atoms. The van der Waals surface area contributed by atoms with Crippen LogP contribution >= 0.6 is 0 Å². The maximum atomic E-state index is 4.20. The third kappa shape index (κ3) is 2.47. The van der Waals surface area contributed by atoms with Crippen LogP contribution in [0.4, 0.5) is 5.95 Å². The maximum Gasteiger partial charge on any atom is 0.202 e. The molecule has 0 unspecified atom stereocenters. The van der Waals surface area contributed by atoms with Gasteiger partial charge in [0.15, 0.2) is 0 Å². The van der Waals surface area contributed by atoms with Gasteiger partial charge >= 0.3 is 0 Å². The lowest BCUT2D eigenvalue weighted by molar-refractivity contribution is 0.683. The second-order valence-electron chi connectivity index (χ2n) is 3.87. The molecule has 1 heterocycles. The summed E-state index contributed by atoms with van der Waals surface area (Å²) in [6.07, 6.45) is 9.37. The van der Waals surface area contributed by atoms with E-state index in [2.05, 4.69) is 10.3 Å². The molecule has 13 heavy (non-hydrogen) atoms. The van der Waals surface area contributed by atoms with Crippen molar-refractivity contribution >= 4 is 5.95 Å². The van der Waals surface area contributed by atoms with Crippen LogP contribution in [0.3, 0.4) is 0 Å². The Morgan fingerprint density at radius 1 is 1.62 bits per heavy atom. The van der Waals surface area contributed by atoms with E-state index in [0.29, 0.717) is 0 Å². The summed E-state index contributed by atoms with van der Waals surface area (Å²) >= 11 is 0. The van der Waals surface area contributed by atoms with E-state index in [-0.39, 0.29) is 0 Å². The number of hydrogen-bond donors (Lipinski definition) is 1. The van der Waals surface area contributed by atoms with E-state index in [9.17, 15) is 0 Å². The summed E-state index contributed by atoms with van der Waals surface area (Å²) in [7, 11) is 2.01. The Bertz CT molecular complexity index is 263. The maximum absolute atomic E-state index is 4.20. The molecule has 0 amide bonds. The monoisotopic (exact) mass is 179 g/mol. The number of aryl methyl sites for hydroxylation is 1. The van der Waals surface area contributed by atoms with Crippen LogP contribution in [0.2, 0.25) is 0 Å². The van der Waals surface area contributed by atoms with Crippen molar-refractivity contribution in [1.82, 2.24) is 9.55 Å². The second kappa shape index (κ2) is 3.81. The molecule has 1 fully saturated rings. The fourth-order valence-electron chi connectivity index (χ4n) is 1.53. The minimum absolute atomic E-state index is 0.982. The third-order valence-corrected chi connectivity index (χ3v) is 2.59. The van der Waals surface area contributed by atoms with Gasteiger partial charge in [-0.3, -0.25) is 0 Å². The lowest BCUT2D eigenvalue weighted by Gasteiger charge is -2.04. The van der Waals surface area contributed by atoms with Crippen molar-refractivity contribution in [2.45, 2.75) is 25.7 Å². The van der Waals surface area contributed by atoms with Gasteiger partial charge in [-0.25, -0.2) is 4.98 Å². The average molecular weight is 179 g/mol. The summed E-state index contributed by atoms with van der Waals surface area (Å²) in [6, 6.07) is 0. The quantitative estimate of drug-likeness (QED) is 0.701. The molecule has 0 spiro atoms. The first-order valence-corrected chi connectivity index (χ1v) is 5.07. The van der Waals surface area contributed by atoms with Gasteiger partial charge in [0.05, 0.1) is 0 Å². The van der Waals surface area contributed by atoms with Gasteiger partial charge in [-0.05, 0) is 18.8 Å². The van der Waals surface area contributed by atoms with Crippen LogP contribution in [-0.4, -0.2) is 16.1 Å². The molecule has 0 aromatic carbocycles. The minimum atomic E-state index is 0.982. The van der Waals surface area contributed by atoms with E-state index in [0.717, 1.165) is 18.4 Å². The zero-order valence-corrected chi connectivity index (χ0v) is 8.16. The third-order valence-electron chi connectivity index (χ3n) is 2.59. The van der Waals surface area contributed by atoms with Crippen molar-refractivity contribution in [3.63, 3.8) is 0 Å². The molecule has 0 saturated heterocycles. The highest BCUT2D eigenvalue weighted by Crippen LogP contribution is 2.33. The molecule has 0 radical (unpaired) electrons. The van der Waals surface area contributed by atoms with Crippen molar-refractivity contribution in [2.75, 3.05) is 11.9 Å². The molecule has 2 rings (SSSR count). The molecule has 3 heteroatoms. The first-order chi connectivity index (χ1) is 6.36. The molecule has 1 aromatic rings. The Morgan fingerprint density at radius 2 is 2.46 bits per heavy atom. The predicted molar refractivity (Wildman–Crippen MR) is 53.7 cm³/mol. The molecule has 0 atom stereocenters. The van der Waals surface area contributed by atoms with Gasteiger partial charge in [0.25, 0.3) is 0 Å². The van der Waals surface area contributed by atoms with Crippen LogP contribution in [0.15, 0.2) is 12.4 Å². The van der Waals surface area contributed by atoms with Gasteiger partial charge in [-0.15, -0.1) is 0 Å². The topological polar surface area (TPSA) is 29.9 Å². The number of rotatable bonds is 5. The molecule has 1 N–H and O–H groups in total. The average Bonchev–Trinajstić information content (AvgIpc) is 2.86. The molecular formula is C10H17N3. The summed E-state index contributed by atoms with van der Waals surface area (Å²) in [5.74, 6) is 2.03. The highest BCUT2D eigenvalue weighted by Gasteiger charge is 2.19. The number of anilines is 1. The lowest BCUT2D eigenvalue weighted by atomic mass is 10.2. The smallest absolute Gasteiger partial charge is 0.202 e. The van der Waals surface area contributed by atoms with Crippen molar-refractivity contribution in [2.24, 2.45) is 13.0 Å². The van der Waals surface area contributed by atoms with E-state index in [1.807, 2.05) is 24.0 Å². The van der Waals surface area contributed by atoms with Crippen LogP contribution in [0.5, 0.6) is 0 Å². The standard InChI is InChI=1S/C10H17N3/c1-13-8-7-12-10(13)11-6-2-3-9-4-5-9/h7-9H,2-6H2,1H3,(H,11,12). The molecule has 1 saturated carbocycles. The van der Waals surface area contributed by atoms with Gasteiger partial charge < -0.3 is 9.88 Å². The normalized spacial score (nSPS) is 16.1. The molecule has 72 valence electrons. The first-order valence-electron chi connectivity index (χ1n) is 5.07. The summed E-state index contributed by atoms with van der Waals surface area (Å²) < 4.78 is 2.01. The largest absolute Gasteiger partial charge is 0.356 e. The molecule has 1 aliphatic carbocycles. The Morgan fingerprint density at radius 3 is 3.08 bits per heavy atom. The number of nitrogens with zero attached hydrogens (tertiary/aromatic N) is 2. The lowest BCUT2D eigenvalue weighted by Crippen LogP contribution is -2.06. The van der Waals surface area contributed by atoms with Crippen molar-refractivity contribution in [3.05, 3.63) is 12.4 Å². The fraction of sp³-hybridized carbons (Fsp3) is 0.700. The second-order valence-corrected chi connectivity index (χ2v) is 3.87. The van der Waals surface area contributed by atoms with Crippen LogP contribution in [0, 0.1) is 5.92 Å². The van der Waals surface area contributed by atoms with Gasteiger partial charge in [0, 0.05) is 26.0 Å². The fourth-order valence-corrected chi connectivity index (χ4v) is 1.53. The number of imidazole rings is 1. The number of aromatic nitrogens is 2.